The molecule has 3 nitrogen and oxygen atoms in total. The molecule has 6 heteroatoms. The van der Waals surface area contributed by atoms with Crippen molar-refractivity contribution in [2.45, 2.75) is 6.92 Å². The molecular formula is C11H8F3N3. The van der Waals surface area contributed by atoms with E-state index >= 15 is 0 Å². The average Bonchev–Trinajstić information content (AvgIpc) is 2.13. The van der Waals surface area contributed by atoms with E-state index in [9.17, 15) is 13.2 Å². The first-order valence-electron chi connectivity index (χ1n) is 4.73. The van der Waals surface area contributed by atoms with E-state index in [1.54, 1.807) is 6.92 Å². The Labute approximate surface area is 95.1 Å². The molecule has 1 aromatic heterocycles. The van der Waals surface area contributed by atoms with Crippen LogP contribution in [-0.4, -0.2) is 9.97 Å². The summed E-state index contributed by atoms with van der Waals surface area (Å²) < 4.78 is 39.7. The minimum Gasteiger partial charge on any atom is -0.368 e. The third-order valence-electron chi connectivity index (χ3n) is 2.13. The van der Waals surface area contributed by atoms with Crippen LogP contribution >= 0.6 is 0 Å². The molecule has 2 rings (SSSR count). The van der Waals surface area contributed by atoms with E-state index in [0.29, 0.717) is 17.8 Å². The fraction of sp³-hybridized carbons (Fsp3) is 0.0909. The Balaban J connectivity index is 2.68. The van der Waals surface area contributed by atoms with Crippen molar-refractivity contribution in [2.75, 3.05) is 5.73 Å². The molecule has 0 radical (unpaired) electrons. The Morgan fingerprint density at radius 3 is 2.12 bits per heavy atom. The molecule has 0 amide bonds. The predicted molar refractivity (Wildman–Crippen MR) is 56.5 cm³/mol. The smallest absolute Gasteiger partial charge is 0.220 e. The van der Waals surface area contributed by atoms with Crippen LogP contribution in [0.25, 0.3) is 11.3 Å². The number of hydrogen-bond acceptors (Lipinski definition) is 3. The molecule has 0 fully saturated rings. The van der Waals surface area contributed by atoms with Crippen molar-refractivity contribution in [3.8, 4) is 11.3 Å². The SMILES string of the molecule is Cc1cc(-c2c(F)cc(F)cc2F)nc(N)n1. The van der Waals surface area contributed by atoms with E-state index in [1.165, 1.54) is 6.07 Å². The second-order valence-electron chi connectivity index (χ2n) is 3.50. The molecule has 88 valence electrons. The summed E-state index contributed by atoms with van der Waals surface area (Å²) in [7, 11) is 0. The summed E-state index contributed by atoms with van der Waals surface area (Å²) in [6.45, 7) is 1.61. The van der Waals surface area contributed by atoms with Gasteiger partial charge in [0.15, 0.2) is 0 Å². The van der Waals surface area contributed by atoms with Gasteiger partial charge in [0, 0.05) is 17.8 Å². The van der Waals surface area contributed by atoms with Gasteiger partial charge in [-0.25, -0.2) is 23.1 Å². The molecule has 2 aromatic rings. The van der Waals surface area contributed by atoms with Crippen LogP contribution in [0.4, 0.5) is 19.1 Å². The molecule has 0 aliphatic carbocycles. The van der Waals surface area contributed by atoms with E-state index in [-0.39, 0.29) is 11.6 Å². The normalized spacial score (nSPS) is 10.6. The van der Waals surface area contributed by atoms with Crippen molar-refractivity contribution in [1.82, 2.24) is 9.97 Å². The highest BCUT2D eigenvalue weighted by atomic mass is 19.1. The van der Waals surface area contributed by atoms with Gasteiger partial charge in [-0.15, -0.1) is 0 Å². The van der Waals surface area contributed by atoms with Gasteiger partial charge in [-0.2, -0.15) is 0 Å². The summed E-state index contributed by atoms with van der Waals surface area (Å²) in [6.07, 6.45) is 0. The Kier molecular flexibility index (Phi) is 2.71. The van der Waals surface area contributed by atoms with Crippen LogP contribution < -0.4 is 5.73 Å². The number of nitrogen functional groups attached to an aromatic ring is 1. The fourth-order valence-corrected chi connectivity index (χ4v) is 1.51. The number of hydrogen-bond donors (Lipinski definition) is 1. The first kappa shape index (κ1) is 11.4. The molecule has 0 bridgehead atoms. The number of nitrogens with two attached hydrogens (primary N) is 1. The maximum absolute atomic E-state index is 13.5. The lowest BCUT2D eigenvalue weighted by Gasteiger charge is -2.06. The lowest BCUT2D eigenvalue weighted by molar-refractivity contribution is 0.547. The predicted octanol–water partition coefficient (Wildman–Crippen LogP) is 2.45. The van der Waals surface area contributed by atoms with Crippen molar-refractivity contribution in [3.05, 3.63) is 41.3 Å². The molecule has 0 atom stereocenters. The number of anilines is 1. The Hall–Kier alpha value is -2.11. The van der Waals surface area contributed by atoms with Gasteiger partial charge in [0.05, 0.1) is 11.3 Å². The van der Waals surface area contributed by atoms with E-state index < -0.39 is 23.0 Å². The summed E-state index contributed by atoms with van der Waals surface area (Å²) in [4.78, 5) is 7.50. The fourth-order valence-electron chi connectivity index (χ4n) is 1.51. The largest absolute Gasteiger partial charge is 0.368 e. The molecule has 0 aliphatic heterocycles. The number of halogens is 3. The van der Waals surface area contributed by atoms with Gasteiger partial charge in [0.25, 0.3) is 0 Å². The highest BCUT2D eigenvalue weighted by Gasteiger charge is 2.15. The topological polar surface area (TPSA) is 51.8 Å². The van der Waals surface area contributed by atoms with Crippen molar-refractivity contribution >= 4 is 5.95 Å². The lowest BCUT2D eigenvalue weighted by atomic mass is 10.1. The number of nitrogens with zero attached hydrogens (tertiary/aromatic N) is 2. The molecule has 17 heavy (non-hydrogen) atoms. The molecular weight excluding hydrogens is 231 g/mol. The highest BCUT2D eigenvalue weighted by molar-refractivity contribution is 5.62. The van der Waals surface area contributed by atoms with Gasteiger partial charge < -0.3 is 5.73 Å². The van der Waals surface area contributed by atoms with Gasteiger partial charge in [-0.05, 0) is 13.0 Å². The third kappa shape index (κ3) is 2.20. The van der Waals surface area contributed by atoms with Crippen molar-refractivity contribution in [3.63, 3.8) is 0 Å². The zero-order valence-electron chi connectivity index (χ0n) is 8.84. The van der Waals surface area contributed by atoms with E-state index in [4.69, 9.17) is 5.73 Å². The lowest BCUT2D eigenvalue weighted by Crippen LogP contribution is -2.01. The molecule has 0 saturated heterocycles. The molecule has 1 heterocycles. The van der Waals surface area contributed by atoms with E-state index in [2.05, 4.69) is 9.97 Å². The minimum absolute atomic E-state index is 0.00926. The molecule has 0 saturated carbocycles. The third-order valence-corrected chi connectivity index (χ3v) is 2.13. The molecule has 0 spiro atoms. The van der Waals surface area contributed by atoms with Crippen LogP contribution in [0.2, 0.25) is 0 Å². The van der Waals surface area contributed by atoms with Crippen LogP contribution in [0.3, 0.4) is 0 Å². The summed E-state index contributed by atoms with van der Waals surface area (Å²) in [5, 5.41) is 0. The molecule has 1 aromatic carbocycles. The van der Waals surface area contributed by atoms with Gasteiger partial charge in [0.2, 0.25) is 5.95 Å². The zero-order valence-corrected chi connectivity index (χ0v) is 8.84. The summed E-state index contributed by atoms with van der Waals surface area (Å²) in [5.74, 6) is -3.13. The quantitative estimate of drug-likeness (QED) is 0.831. The number of benzene rings is 1. The second-order valence-corrected chi connectivity index (χ2v) is 3.50. The van der Waals surface area contributed by atoms with Crippen LogP contribution in [-0.2, 0) is 0 Å². The van der Waals surface area contributed by atoms with E-state index in [1.807, 2.05) is 0 Å². The maximum Gasteiger partial charge on any atom is 0.220 e. The van der Waals surface area contributed by atoms with Crippen LogP contribution in [0, 0.1) is 24.4 Å². The number of aryl methyl sites for hydroxylation is 1. The molecule has 0 unspecified atom stereocenters. The Morgan fingerprint density at radius 2 is 1.59 bits per heavy atom. The Bertz CT molecular complexity index is 541. The summed E-state index contributed by atoms with van der Waals surface area (Å²) >= 11 is 0. The first-order valence-corrected chi connectivity index (χ1v) is 4.73. The monoisotopic (exact) mass is 239 g/mol. The van der Waals surface area contributed by atoms with Crippen LogP contribution in [0.1, 0.15) is 5.69 Å². The number of aromatic nitrogens is 2. The highest BCUT2D eigenvalue weighted by Crippen LogP contribution is 2.26. The van der Waals surface area contributed by atoms with Gasteiger partial charge >= 0.3 is 0 Å². The average molecular weight is 239 g/mol. The maximum atomic E-state index is 13.5. The van der Waals surface area contributed by atoms with Gasteiger partial charge in [0.1, 0.15) is 17.5 Å². The van der Waals surface area contributed by atoms with Gasteiger partial charge in [-0.1, -0.05) is 0 Å². The van der Waals surface area contributed by atoms with Crippen molar-refractivity contribution in [2.24, 2.45) is 0 Å². The molecule has 0 aliphatic rings. The number of rotatable bonds is 1. The van der Waals surface area contributed by atoms with Crippen LogP contribution in [0.5, 0.6) is 0 Å². The minimum atomic E-state index is -1.03. The van der Waals surface area contributed by atoms with Crippen molar-refractivity contribution in [1.29, 1.82) is 0 Å². The van der Waals surface area contributed by atoms with E-state index in [0.717, 1.165) is 0 Å². The zero-order chi connectivity index (χ0) is 12.6. The Morgan fingerprint density at radius 1 is 1.00 bits per heavy atom. The summed E-state index contributed by atoms with van der Waals surface area (Å²) in [6, 6.07) is 2.55. The second kappa shape index (κ2) is 4.04. The summed E-state index contributed by atoms with van der Waals surface area (Å²) in [5.41, 5.74) is 5.43. The van der Waals surface area contributed by atoms with Crippen LogP contribution in [0.15, 0.2) is 18.2 Å². The van der Waals surface area contributed by atoms with Gasteiger partial charge in [-0.3, -0.25) is 0 Å². The van der Waals surface area contributed by atoms with Crippen molar-refractivity contribution < 1.29 is 13.2 Å². The molecule has 2 N–H and O–H groups in total. The standard InChI is InChI=1S/C11H8F3N3/c1-5-2-9(17-11(15)16-5)10-7(13)3-6(12)4-8(10)14/h2-4H,1H3,(H2,15,16,17). The first-order chi connectivity index (χ1) is 7.97.